The van der Waals surface area contributed by atoms with Gasteiger partial charge in [-0.15, -0.1) is 0 Å². The average molecular weight is 283 g/mol. The number of hydrogen-bond donors (Lipinski definition) is 1. The Morgan fingerprint density at radius 1 is 1.58 bits per heavy atom. The minimum Gasteiger partial charge on any atom is -0.398 e. The van der Waals surface area contributed by atoms with Crippen LogP contribution in [0.3, 0.4) is 0 Å². The van der Waals surface area contributed by atoms with Gasteiger partial charge in [0.05, 0.1) is 17.3 Å². The van der Waals surface area contributed by atoms with Gasteiger partial charge in [-0.3, -0.25) is 4.79 Å². The predicted molar refractivity (Wildman–Crippen MR) is 76.4 cm³/mol. The number of nitrogen functional groups attached to an aromatic ring is 1. The van der Waals surface area contributed by atoms with Crippen molar-refractivity contribution in [1.29, 1.82) is 0 Å². The van der Waals surface area contributed by atoms with Crippen LogP contribution in [0.25, 0.3) is 0 Å². The van der Waals surface area contributed by atoms with Gasteiger partial charge in [0.15, 0.2) is 0 Å². The van der Waals surface area contributed by atoms with Crippen molar-refractivity contribution in [2.24, 2.45) is 5.92 Å². The highest BCUT2D eigenvalue weighted by Crippen LogP contribution is 2.21. The van der Waals surface area contributed by atoms with Crippen molar-refractivity contribution >= 4 is 23.2 Å². The summed E-state index contributed by atoms with van der Waals surface area (Å²) in [5.41, 5.74) is 6.72. The lowest BCUT2D eigenvalue weighted by molar-refractivity contribution is 0.0388. The van der Waals surface area contributed by atoms with E-state index in [9.17, 15) is 4.79 Å². The number of rotatable bonds is 3. The van der Waals surface area contributed by atoms with E-state index in [2.05, 4.69) is 0 Å². The highest BCUT2D eigenvalue weighted by molar-refractivity contribution is 6.33. The lowest BCUT2D eigenvalue weighted by atomic mass is 10.0. The molecule has 0 bridgehead atoms. The summed E-state index contributed by atoms with van der Waals surface area (Å²) in [6.45, 7) is 2.28. The zero-order chi connectivity index (χ0) is 13.8. The molecule has 1 aromatic carbocycles. The van der Waals surface area contributed by atoms with Crippen molar-refractivity contribution in [3.8, 4) is 0 Å². The van der Waals surface area contributed by atoms with Gasteiger partial charge in [-0.2, -0.15) is 0 Å². The summed E-state index contributed by atoms with van der Waals surface area (Å²) >= 11 is 5.85. The van der Waals surface area contributed by atoms with Crippen LogP contribution in [0.5, 0.6) is 0 Å². The van der Waals surface area contributed by atoms with Gasteiger partial charge in [0.1, 0.15) is 0 Å². The lowest BCUT2D eigenvalue weighted by Crippen LogP contribution is -2.35. The van der Waals surface area contributed by atoms with Gasteiger partial charge in [0.2, 0.25) is 0 Å². The van der Waals surface area contributed by atoms with Gasteiger partial charge < -0.3 is 15.4 Å². The third-order valence-electron chi connectivity index (χ3n) is 3.38. The van der Waals surface area contributed by atoms with Crippen LogP contribution >= 0.6 is 11.6 Å². The highest BCUT2D eigenvalue weighted by atomic mass is 35.5. The first-order valence-electron chi connectivity index (χ1n) is 6.46. The number of amides is 1. The molecular formula is C14H19ClN2O2. The van der Waals surface area contributed by atoms with Crippen molar-refractivity contribution in [2.45, 2.75) is 12.8 Å². The summed E-state index contributed by atoms with van der Waals surface area (Å²) in [4.78, 5) is 14.0. The molecule has 0 saturated carbocycles. The third kappa shape index (κ3) is 3.61. The summed E-state index contributed by atoms with van der Waals surface area (Å²) in [5.74, 6) is 0.390. The Labute approximate surface area is 118 Å². The van der Waals surface area contributed by atoms with Crippen LogP contribution in [-0.4, -0.2) is 37.6 Å². The number of halogens is 1. The molecule has 1 saturated heterocycles. The normalized spacial score (nSPS) is 19.2. The molecule has 0 radical (unpaired) electrons. The van der Waals surface area contributed by atoms with E-state index in [-0.39, 0.29) is 5.91 Å². The fourth-order valence-electron chi connectivity index (χ4n) is 2.32. The van der Waals surface area contributed by atoms with Gasteiger partial charge in [-0.25, -0.2) is 0 Å². The van der Waals surface area contributed by atoms with Gasteiger partial charge in [-0.1, -0.05) is 11.6 Å². The molecule has 0 aliphatic carbocycles. The van der Waals surface area contributed by atoms with E-state index in [0.717, 1.165) is 26.1 Å². The molecule has 0 aromatic heterocycles. The first kappa shape index (κ1) is 14.2. The van der Waals surface area contributed by atoms with Gasteiger partial charge in [0, 0.05) is 25.8 Å². The number of hydrogen-bond acceptors (Lipinski definition) is 3. The van der Waals surface area contributed by atoms with Crippen LogP contribution in [0.4, 0.5) is 5.69 Å². The molecule has 1 aromatic rings. The molecule has 0 spiro atoms. The van der Waals surface area contributed by atoms with Crippen LogP contribution in [0.15, 0.2) is 18.2 Å². The van der Waals surface area contributed by atoms with Crippen LogP contribution in [-0.2, 0) is 4.74 Å². The highest BCUT2D eigenvalue weighted by Gasteiger charge is 2.19. The van der Waals surface area contributed by atoms with Crippen molar-refractivity contribution in [3.05, 3.63) is 28.8 Å². The molecule has 104 valence electrons. The third-order valence-corrected chi connectivity index (χ3v) is 3.72. The second kappa shape index (κ2) is 6.26. The van der Waals surface area contributed by atoms with Crippen LogP contribution in [0.1, 0.15) is 23.2 Å². The molecule has 1 unspecified atom stereocenters. The summed E-state index contributed by atoms with van der Waals surface area (Å²) in [6, 6.07) is 4.98. The van der Waals surface area contributed by atoms with Crippen LogP contribution in [0.2, 0.25) is 5.02 Å². The topological polar surface area (TPSA) is 55.6 Å². The van der Waals surface area contributed by atoms with Crippen molar-refractivity contribution < 1.29 is 9.53 Å². The van der Waals surface area contributed by atoms with E-state index in [0.29, 0.717) is 28.7 Å². The first-order chi connectivity index (χ1) is 9.08. The fourth-order valence-corrected chi connectivity index (χ4v) is 2.44. The first-order valence-corrected chi connectivity index (χ1v) is 6.84. The number of benzene rings is 1. The molecule has 2 rings (SSSR count). The summed E-state index contributed by atoms with van der Waals surface area (Å²) in [6.07, 6.45) is 2.18. The number of carbonyl (C=O) groups is 1. The maximum Gasteiger partial charge on any atom is 0.253 e. The summed E-state index contributed by atoms with van der Waals surface area (Å²) < 4.78 is 5.43. The quantitative estimate of drug-likeness (QED) is 0.866. The molecule has 2 N–H and O–H groups in total. The number of nitrogens with two attached hydrogens (primary N) is 1. The molecule has 1 atom stereocenters. The summed E-state index contributed by atoms with van der Waals surface area (Å²) in [7, 11) is 1.81. The molecular weight excluding hydrogens is 264 g/mol. The van der Waals surface area contributed by atoms with Crippen molar-refractivity contribution in [1.82, 2.24) is 4.90 Å². The van der Waals surface area contributed by atoms with E-state index < -0.39 is 0 Å². The van der Waals surface area contributed by atoms with Crippen molar-refractivity contribution in [2.75, 3.05) is 32.5 Å². The van der Waals surface area contributed by atoms with Gasteiger partial charge >= 0.3 is 0 Å². The van der Waals surface area contributed by atoms with Crippen molar-refractivity contribution in [3.63, 3.8) is 0 Å². The SMILES string of the molecule is CN(CC1CCCOC1)C(=O)c1ccc(Cl)c(N)c1. The second-order valence-corrected chi connectivity index (χ2v) is 5.41. The minimum atomic E-state index is -0.0334. The lowest BCUT2D eigenvalue weighted by Gasteiger charge is -2.27. The molecule has 4 nitrogen and oxygen atoms in total. The molecule has 1 aliphatic rings. The molecule has 1 fully saturated rings. The van der Waals surface area contributed by atoms with E-state index in [1.165, 1.54) is 0 Å². The molecule has 19 heavy (non-hydrogen) atoms. The maximum atomic E-state index is 12.3. The number of ether oxygens (including phenoxy) is 1. The Morgan fingerprint density at radius 3 is 3.00 bits per heavy atom. The number of carbonyl (C=O) groups excluding carboxylic acids is 1. The average Bonchev–Trinajstić information content (AvgIpc) is 2.42. The maximum absolute atomic E-state index is 12.3. The number of nitrogens with zero attached hydrogens (tertiary/aromatic N) is 1. The zero-order valence-electron chi connectivity index (χ0n) is 11.1. The summed E-state index contributed by atoms with van der Waals surface area (Å²) in [5, 5.41) is 0.472. The Hall–Kier alpha value is -1.26. The smallest absolute Gasteiger partial charge is 0.253 e. The largest absolute Gasteiger partial charge is 0.398 e. The molecule has 1 aliphatic heterocycles. The minimum absolute atomic E-state index is 0.0334. The second-order valence-electron chi connectivity index (χ2n) is 5.01. The van der Waals surface area contributed by atoms with Gasteiger partial charge in [-0.05, 0) is 37.0 Å². The van der Waals surface area contributed by atoms with Crippen LogP contribution < -0.4 is 5.73 Å². The Morgan fingerprint density at radius 2 is 2.37 bits per heavy atom. The van der Waals surface area contributed by atoms with E-state index in [1.54, 1.807) is 23.1 Å². The Balaban J connectivity index is 1.99. The molecule has 5 heteroatoms. The molecule has 1 heterocycles. The monoisotopic (exact) mass is 282 g/mol. The number of anilines is 1. The van der Waals surface area contributed by atoms with Gasteiger partial charge in [0.25, 0.3) is 5.91 Å². The zero-order valence-corrected chi connectivity index (χ0v) is 11.8. The van der Waals surface area contributed by atoms with E-state index in [1.807, 2.05) is 7.05 Å². The van der Waals surface area contributed by atoms with Crippen LogP contribution in [0, 0.1) is 5.92 Å². The predicted octanol–water partition coefficient (Wildman–Crippen LogP) is 2.42. The Bertz CT molecular complexity index is 459. The van der Waals surface area contributed by atoms with E-state index in [4.69, 9.17) is 22.1 Å². The molecule has 1 amide bonds. The Kier molecular flexibility index (Phi) is 4.66. The fraction of sp³-hybridized carbons (Fsp3) is 0.500. The standard InChI is InChI=1S/C14H19ClN2O2/c1-17(8-10-3-2-6-19-9-10)14(18)11-4-5-12(15)13(16)7-11/h4-5,7,10H,2-3,6,8-9,16H2,1H3. The van der Waals surface area contributed by atoms with E-state index >= 15 is 0 Å².